The molecule has 2 heteroatoms. The quantitative estimate of drug-likeness (QED) is 0.231. The fraction of sp³-hybridized carbons (Fsp3) is 0.760. The Morgan fingerprint density at radius 1 is 0.889 bits per heavy atom. The highest BCUT2D eigenvalue weighted by Crippen LogP contribution is 2.25. The van der Waals surface area contributed by atoms with Crippen molar-refractivity contribution in [2.75, 3.05) is 6.61 Å². The van der Waals surface area contributed by atoms with E-state index in [0.717, 1.165) is 12.1 Å². The van der Waals surface area contributed by atoms with Crippen LogP contribution in [0, 0.1) is 0 Å². The van der Waals surface area contributed by atoms with E-state index in [4.69, 9.17) is 4.74 Å². The van der Waals surface area contributed by atoms with E-state index in [2.05, 4.69) is 37.3 Å². The van der Waals surface area contributed by atoms with Gasteiger partial charge in [0.1, 0.15) is 0 Å². The van der Waals surface area contributed by atoms with Gasteiger partial charge in [-0.3, -0.25) is 0 Å². The zero-order valence-corrected chi connectivity index (χ0v) is 19.4. The fourth-order valence-corrected chi connectivity index (χ4v) is 7.13. The molecule has 1 saturated heterocycles. The van der Waals surface area contributed by atoms with E-state index in [1.54, 1.807) is 0 Å². The maximum Gasteiger partial charge on any atom is 0.0590 e. The molecule has 2 atom stereocenters. The summed E-state index contributed by atoms with van der Waals surface area (Å²) in [5.74, 6) is 0. The zero-order valence-electron chi connectivity index (χ0n) is 18.0. The summed E-state index contributed by atoms with van der Waals surface area (Å²) in [6.45, 7) is 3.32. The highest BCUT2D eigenvalue weighted by molar-refractivity contribution is 6.39. The smallest absolute Gasteiger partial charge is 0.0590 e. The number of rotatable bonds is 15. The van der Waals surface area contributed by atoms with Crippen LogP contribution in [0.3, 0.4) is 0 Å². The van der Waals surface area contributed by atoms with Crippen molar-refractivity contribution in [3.05, 3.63) is 35.9 Å². The lowest BCUT2D eigenvalue weighted by atomic mass is 10.0. The maximum atomic E-state index is 6.11. The molecule has 0 amide bonds. The summed E-state index contributed by atoms with van der Waals surface area (Å²) in [5.41, 5.74) is 3.14. The molecule has 1 heterocycles. The van der Waals surface area contributed by atoms with Gasteiger partial charge in [-0.2, -0.15) is 0 Å². The molecule has 0 spiro atoms. The molecule has 0 saturated carbocycles. The minimum atomic E-state index is -0.143. The second-order valence-corrected chi connectivity index (χ2v) is 11.3. The average Bonchev–Trinajstić information content (AvgIpc) is 2.71. The summed E-state index contributed by atoms with van der Waals surface area (Å²) >= 11 is 0. The fourth-order valence-electron chi connectivity index (χ4n) is 4.54. The molecule has 1 aromatic rings. The van der Waals surface area contributed by atoms with Crippen molar-refractivity contribution < 1.29 is 4.74 Å². The van der Waals surface area contributed by atoms with E-state index in [9.17, 15) is 0 Å². The van der Waals surface area contributed by atoms with Crippen molar-refractivity contribution in [1.29, 1.82) is 0 Å². The van der Waals surface area contributed by atoms with Gasteiger partial charge in [0.05, 0.1) is 9.52 Å². The van der Waals surface area contributed by atoms with Crippen LogP contribution < -0.4 is 0 Å². The standard InChI is InChI=1S/C25H44OSi/c1-2-3-4-5-6-7-8-9-10-14-19-24(22-23-17-12-11-13-18-23)27-25-20-15-16-21-26-25/h11-13,17-18,24-25H,2-10,14-16,19-22,27H2,1H3. The molecule has 0 aliphatic carbocycles. The van der Waals surface area contributed by atoms with Gasteiger partial charge in [-0.05, 0) is 36.8 Å². The monoisotopic (exact) mass is 388 g/mol. The van der Waals surface area contributed by atoms with Crippen molar-refractivity contribution in [3.63, 3.8) is 0 Å². The first kappa shape index (κ1) is 22.7. The molecular weight excluding hydrogens is 344 g/mol. The van der Waals surface area contributed by atoms with Gasteiger partial charge in [-0.25, -0.2) is 0 Å². The Balaban J connectivity index is 1.61. The van der Waals surface area contributed by atoms with Gasteiger partial charge >= 0.3 is 0 Å². The van der Waals surface area contributed by atoms with Crippen LogP contribution in [0.5, 0.6) is 0 Å². The molecule has 27 heavy (non-hydrogen) atoms. The van der Waals surface area contributed by atoms with Gasteiger partial charge in [0.15, 0.2) is 0 Å². The first-order valence-corrected chi connectivity index (χ1v) is 13.7. The second-order valence-electron chi connectivity index (χ2n) is 8.75. The van der Waals surface area contributed by atoms with Crippen LogP contribution in [0.4, 0.5) is 0 Å². The topological polar surface area (TPSA) is 9.23 Å². The molecule has 0 N–H and O–H groups in total. The van der Waals surface area contributed by atoms with Crippen molar-refractivity contribution >= 4 is 9.52 Å². The Morgan fingerprint density at radius 2 is 1.56 bits per heavy atom. The normalized spacial score (nSPS) is 18.9. The second kappa shape index (κ2) is 15.3. The summed E-state index contributed by atoms with van der Waals surface area (Å²) in [6.07, 6.45) is 21.2. The predicted molar refractivity (Wildman–Crippen MR) is 122 cm³/mol. The minimum absolute atomic E-state index is 0.143. The minimum Gasteiger partial charge on any atom is -0.382 e. The maximum absolute atomic E-state index is 6.11. The van der Waals surface area contributed by atoms with Gasteiger partial charge in [0.2, 0.25) is 0 Å². The summed E-state index contributed by atoms with van der Waals surface area (Å²) in [4.78, 5) is 0. The van der Waals surface area contributed by atoms with Gasteiger partial charge in [-0.1, -0.05) is 108 Å². The van der Waals surface area contributed by atoms with Gasteiger partial charge in [0, 0.05) is 12.3 Å². The van der Waals surface area contributed by atoms with Crippen LogP contribution in [0.15, 0.2) is 30.3 Å². The third-order valence-corrected chi connectivity index (χ3v) is 8.74. The average molecular weight is 389 g/mol. The highest BCUT2D eigenvalue weighted by Gasteiger charge is 2.20. The lowest BCUT2D eigenvalue weighted by Gasteiger charge is -2.27. The highest BCUT2D eigenvalue weighted by atomic mass is 28.2. The van der Waals surface area contributed by atoms with Gasteiger partial charge in [0.25, 0.3) is 0 Å². The Kier molecular flexibility index (Phi) is 12.9. The molecule has 0 radical (unpaired) electrons. The molecule has 2 rings (SSSR count). The molecule has 1 aliphatic heterocycles. The molecule has 0 bridgehead atoms. The van der Waals surface area contributed by atoms with Gasteiger partial charge in [-0.15, -0.1) is 0 Å². The first-order chi connectivity index (χ1) is 13.4. The van der Waals surface area contributed by atoms with Crippen molar-refractivity contribution in [2.24, 2.45) is 0 Å². The van der Waals surface area contributed by atoms with Gasteiger partial charge < -0.3 is 4.74 Å². The number of hydrogen-bond donors (Lipinski definition) is 0. The Bertz CT molecular complexity index is 441. The number of unbranched alkanes of at least 4 members (excludes halogenated alkanes) is 9. The summed E-state index contributed by atoms with van der Waals surface area (Å²) < 4.78 is 6.11. The Morgan fingerprint density at radius 3 is 2.19 bits per heavy atom. The van der Waals surface area contributed by atoms with E-state index in [0.29, 0.717) is 5.73 Å². The largest absolute Gasteiger partial charge is 0.382 e. The SMILES string of the molecule is CCCCCCCCCCCCC(Cc1ccccc1)[SiH2]C1CCCCO1. The van der Waals surface area contributed by atoms with Crippen LogP contribution in [0.25, 0.3) is 0 Å². The van der Waals surface area contributed by atoms with E-state index in [1.807, 2.05) is 0 Å². The van der Waals surface area contributed by atoms with E-state index in [-0.39, 0.29) is 9.52 Å². The molecule has 1 nitrogen and oxygen atoms in total. The number of benzene rings is 1. The van der Waals surface area contributed by atoms with E-state index < -0.39 is 0 Å². The van der Waals surface area contributed by atoms with Crippen LogP contribution >= 0.6 is 0 Å². The zero-order chi connectivity index (χ0) is 19.0. The molecular formula is C25H44OSi. The van der Waals surface area contributed by atoms with E-state index >= 15 is 0 Å². The van der Waals surface area contributed by atoms with Crippen molar-refractivity contribution in [3.8, 4) is 0 Å². The number of ether oxygens (including phenoxy) is 1. The molecule has 154 valence electrons. The summed E-state index contributed by atoms with van der Waals surface area (Å²) in [5, 5.41) is 0. The third-order valence-electron chi connectivity index (χ3n) is 6.20. The lowest BCUT2D eigenvalue weighted by molar-refractivity contribution is 0.0641. The lowest BCUT2D eigenvalue weighted by Crippen LogP contribution is -2.29. The Labute approximate surface area is 171 Å². The predicted octanol–water partition coefficient (Wildman–Crippen LogP) is 7.02. The molecule has 2 unspecified atom stereocenters. The van der Waals surface area contributed by atoms with Crippen LogP contribution in [-0.2, 0) is 11.2 Å². The van der Waals surface area contributed by atoms with Crippen LogP contribution in [-0.4, -0.2) is 21.9 Å². The molecule has 0 aromatic heterocycles. The third kappa shape index (κ3) is 11.1. The summed E-state index contributed by atoms with van der Waals surface area (Å²) in [7, 11) is -0.143. The van der Waals surface area contributed by atoms with Crippen molar-refractivity contribution in [1.82, 2.24) is 0 Å². The first-order valence-electron chi connectivity index (χ1n) is 12.0. The molecule has 1 aliphatic rings. The summed E-state index contributed by atoms with van der Waals surface area (Å²) in [6, 6.07) is 11.2. The van der Waals surface area contributed by atoms with Crippen LogP contribution in [0.1, 0.15) is 102 Å². The van der Waals surface area contributed by atoms with E-state index in [1.165, 1.54) is 102 Å². The number of hydrogen-bond acceptors (Lipinski definition) is 1. The molecule has 1 fully saturated rings. The van der Waals surface area contributed by atoms with Crippen LogP contribution in [0.2, 0.25) is 5.54 Å². The molecule has 1 aromatic carbocycles. The van der Waals surface area contributed by atoms with Crippen molar-refractivity contribution in [2.45, 2.75) is 115 Å². The Hall–Kier alpha value is -0.603.